The molecule has 0 bridgehead atoms. The maximum atomic E-state index is 6.24. The molecular formula is C11H14ClN5S. The standard InChI is InChI=1S/C11H14ClN5S/c1-15-2-4-16(5-3-15)17-10-8(12)6-13-7-9(10)14-11(17)18/h6-7H,2-5H2,1H3,(H,14,18). The van der Waals surface area contributed by atoms with Crippen LogP contribution in [-0.4, -0.2) is 52.8 Å². The lowest BCUT2D eigenvalue weighted by Gasteiger charge is -2.34. The van der Waals surface area contributed by atoms with Gasteiger partial charge in [0.05, 0.1) is 16.7 Å². The van der Waals surface area contributed by atoms with Gasteiger partial charge in [-0.05, 0) is 19.3 Å². The van der Waals surface area contributed by atoms with E-state index in [-0.39, 0.29) is 0 Å². The topological polar surface area (TPSA) is 40.1 Å². The van der Waals surface area contributed by atoms with E-state index >= 15 is 0 Å². The van der Waals surface area contributed by atoms with Gasteiger partial charge in [-0.3, -0.25) is 4.98 Å². The Bertz CT molecular complexity index is 626. The molecule has 96 valence electrons. The number of H-pyrrole nitrogens is 1. The van der Waals surface area contributed by atoms with Crippen LogP contribution in [0.5, 0.6) is 0 Å². The Morgan fingerprint density at radius 3 is 2.72 bits per heavy atom. The Kier molecular flexibility index (Phi) is 3.01. The van der Waals surface area contributed by atoms with Crippen molar-refractivity contribution < 1.29 is 0 Å². The zero-order chi connectivity index (χ0) is 12.7. The maximum absolute atomic E-state index is 6.24. The van der Waals surface area contributed by atoms with Gasteiger partial charge in [-0.2, -0.15) is 0 Å². The number of nitrogens with zero attached hydrogens (tertiary/aromatic N) is 4. The first-order valence-electron chi connectivity index (χ1n) is 5.85. The van der Waals surface area contributed by atoms with Gasteiger partial charge >= 0.3 is 0 Å². The van der Waals surface area contributed by atoms with Crippen molar-refractivity contribution in [1.29, 1.82) is 0 Å². The van der Waals surface area contributed by atoms with Gasteiger partial charge < -0.3 is 14.9 Å². The van der Waals surface area contributed by atoms with Gasteiger partial charge in [0.1, 0.15) is 5.52 Å². The molecule has 2 aromatic heterocycles. The third-order valence-corrected chi connectivity index (χ3v) is 3.83. The molecule has 1 aliphatic rings. The van der Waals surface area contributed by atoms with Crippen LogP contribution in [0.2, 0.25) is 5.02 Å². The SMILES string of the molecule is CN1CCN(n2c(=S)[nH]c3cncc(Cl)c32)CC1. The second-order valence-electron chi connectivity index (χ2n) is 4.52. The molecule has 18 heavy (non-hydrogen) atoms. The third kappa shape index (κ3) is 1.90. The van der Waals surface area contributed by atoms with Crippen LogP contribution in [0.3, 0.4) is 0 Å². The molecule has 1 fully saturated rings. The summed E-state index contributed by atoms with van der Waals surface area (Å²) in [6.45, 7) is 3.93. The van der Waals surface area contributed by atoms with Gasteiger partial charge in [-0.15, -0.1) is 0 Å². The van der Waals surface area contributed by atoms with E-state index in [0.29, 0.717) is 9.79 Å². The summed E-state index contributed by atoms with van der Waals surface area (Å²) >= 11 is 11.6. The van der Waals surface area contributed by atoms with Crippen molar-refractivity contribution in [1.82, 2.24) is 19.5 Å². The van der Waals surface area contributed by atoms with Crippen molar-refractivity contribution in [3.05, 3.63) is 22.2 Å². The lowest BCUT2D eigenvalue weighted by Crippen LogP contribution is -2.49. The molecule has 1 aliphatic heterocycles. The second kappa shape index (κ2) is 4.53. The fraction of sp³-hybridized carbons (Fsp3) is 0.455. The summed E-state index contributed by atoms with van der Waals surface area (Å²) in [5.41, 5.74) is 1.80. The highest BCUT2D eigenvalue weighted by atomic mass is 35.5. The fourth-order valence-electron chi connectivity index (χ4n) is 2.27. The number of halogens is 1. The largest absolute Gasteiger partial charge is 0.328 e. The molecule has 0 aliphatic carbocycles. The van der Waals surface area contributed by atoms with E-state index in [1.165, 1.54) is 0 Å². The highest BCUT2D eigenvalue weighted by Crippen LogP contribution is 2.22. The van der Waals surface area contributed by atoms with Gasteiger partial charge in [0.25, 0.3) is 0 Å². The molecule has 3 rings (SSSR count). The molecule has 0 spiro atoms. The first-order valence-corrected chi connectivity index (χ1v) is 6.63. The van der Waals surface area contributed by atoms with Crippen molar-refractivity contribution >= 4 is 34.9 Å². The van der Waals surface area contributed by atoms with Crippen molar-refractivity contribution in [3.8, 4) is 0 Å². The van der Waals surface area contributed by atoms with Crippen LogP contribution in [0.4, 0.5) is 0 Å². The Balaban J connectivity index is 2.11. The highest BCUT2D eigenvalue weighted by Gasteiger charge is 2.18. The van der Waals surface area contributed by atoms with E-state index in [9.17, 15) is 0 Å². The van der Waals surface area contributed by atoms with Gasteiger partial charge in [-0.25, -0.2) is 4.68 Å². The number of imidazole rings is 1. The predicted octanol–water partition coefficient (Wildman–Crippen LogP) is 1.63. The van der Waals surface area contributed by atoms with E-state index in [0.717, 1.165) is 37.2 Å². The third-order valence-electron chi connectivity index (χ3n) is 3.28. The van der Waals surface area contributed by atoms with Crippen molar-refractivity contribution in [2.24, 2.45) is 0 Å². The summed E-state index contributed by atoms with van der Waals surface area (Å²) in [5, 5.41) is 2.85. The molecule has 3 heterocycles. The Hall–Kier alpha value is -1.11. The molecule has 0 unspecified atom stereocenters. The molecule has 0 atom stereocenters. The average Bonchev–Trinajstić information content (AvgIpc) is 2.68. The van der Waals surface area contributed by atoms with Crippen LogP contribution >= 0.6 is 23.8 Å². The number of rotatable bonds is 1. The van der Waals surface area contributed by atoms with Gasteiger partial charge in [0.2, 0.25) is 0 Å². The number of hydrogen-bond acceptors (Lipinski definition) is 4. The molecular weight excluding hydrogens is 270 g/mol. The number of aromatic nitrogens is 3. The molecule has 1 N–H and O–H groups in total. The molecule has 2 aromatic rings. The van der Waals surface area contributed by atoms with Crippen LogP contribution in [-0.2, 0) is 0 Å². The first-order chi connectivity index (χ1) is 8.66. The molecule has 5 nitrogen and oxygen atoms in total. The zero-order valence-corrected chi connectivity index (χ0v) is 11.6. The number of piperazine rings is 1. The van der Waals surface area contributed by atoms with Crippen molar-refractivity contribution in [2.75, 3.05) is 38.2 Å². The van der Waals surface area contributed by atoms with E-state index in [2.05, 4.69) is 26.9 Å². The number of fused-ring (bicyclic) bond motifs is 1. The number of likely N-dealkylation sites (N-methyl/N-ethyl adjacent to an activating group) is 1. The Morgan fingerprint density at radius 2 is 2.00 bits per heavy atom. The number of nitrogens with one attached hydrogen (secondary N) is 1. The Labute approximate surface area is 115 Å². The monoisotopic (exact) mass is 283 g/mol. The minimum atomic E-state index is 0.624. The normalized spacial score (nSPS) is 17.6. The molecule has 0 aromatic carbocycles. The second-order valence-corrected chi connectivity index (χ2v) is 5.31. The fourth-order valence-corrected chi connectivity index (χ4v) is 2.83. The van der Waals surface area contributed by atoms with E-state index in [4.69, 9.17) is 23.8 Å². The zero-order valence-electron chi connectivity index (χ0n) is 10.1. The van der Waals surface area contributed by atoms with E-state index in [1.807, 2.05) is 4.68 Å². The average molecular weight is 284 g/mol. The molecule has 0 amide bonds. The molecule has 7 heteroatoms. The summed E-state index contributed by atoms with van der Waals surface area (Å²) in [5.74, 6) is 0. The van der Waals surface area contributed by atoms with E-state index in [1.54, 1.807) is 12.4 Å². The number of hydrogen-bond donors (Lipinski definition) is 1. The highest BCUT2D eigenvalue weighted by molar-refractivity contribution is 7.71. The van der Waals surface area contributed by atoms with Crippen LogP contribution < -0.4 is 5.01 Å². The minimum Gasteiger partial charge on any atom is -0.328 e. The van der Waals surface area contributed by atoms with Crippen molar-refractivity contribution in [2.45, 2.75) is 0 Å². The summed E-state index contributed by atoms with van der Waals surface area (Å²) in [6, 6.07) is 0. The lowest BCUT2D eigenvalue weighted by molar-refractivity contribution is 0.288. The van der Waals surface area contributed by atoms with Crippen LogP contribution in [0.15, 0.2) is 12.4 Å². The molecule has 0 radical (unpaired) electrons. The quantitative estimate of drug-likeness (QED) is 0.808. The Morgan fingerprint density at radius 1 is 1.28 bits per heavy atom. The summed E-state index contributed by atoms with van der Waals surface area (Å²) < 4.78 is 2.67. The van der Waals surface area contributed by atoms with Gasteiger partial charge in [0, 0.05) is 32.4 Å². The van der Waals surface area contributed by atoms with Gasteiger partial charge in [-0.1, -0.05) is 11.6 Å². The van der Waals surface area contributed by atoms with Crippen LogP contribution in [0.1, 0.15) is 0 Å². The smallest absolute Gasteiger partial charge is 0.197 e. The van der Waals surface area contributed by atoms with Crippen LogP contribution in [0, 0.1) is 4.77 Å². The van der Waals surface area contributed by atoms with Crippen molar-refractivity contribution in [3.63, 3.8) is 0 Å². The lowest BCUT2D eigenvalue weighted by atomic mass is 10.4. The summed E-state index contributed by atoms with van der Waals surface area (Å²) in [4.78, 5) is 9.53. The summed E-state index contributed by atoms with van der Waals surface area (Å²) in [6.07, 6.45) is 3.41. The predicted molar refractivity (Wildman–Crippen MR) is 75.4 cm³/mol. The summed E-state index contributed by atoms with van der Waals surface area (Å²) in [7, 11) is 2.13. The van der Waals surface area contributed by atoms with Crippen LogP contribution in [0.25, 0.3) is 11.0 Å². The van der Waals surface area contributed by atoms with E-state index < -0.39 is 0 Å². The minimum absolute atomic E-state index is 0.624. The first kappa shape index (κ1) is 12.0. The molecule has 0 saturated carbocycles. The van der Waals surface area contributed by atoms with Gasteiger partial charge in [0.15, 0.2) is 4.77 Å². The maximum Gasteiger partial charge on any atom is 0.197 e. The number of pyridine rings is 1. The molecule has 1 saturated heterocycles. The number of aromatic amines is 1.